The molecule has 9 heteroatoms. The summed E-state index contributed by atoms with van der Waals surface area (Å²) < 4.78 is 25.4. The molecule has 1 saturated heterocycles. The van der Waals surface area contributed by atoms with Crippen molar-refractivity contribution < 1.29 is 13.9 Å². The summed E-state index contributed by atoms with van der Waals surface area (Å²) in [5.74, 6) is 0.406. The molecule has 3 aromatic rings. The van der Waals surface area contributed by atoms with Crippen LogP contribution in [0.25, 0.3) is 11.3 Å². The second-order valence-corrected chi connectivity index (χ2v) is 7.31. The normalized spacial score (nSPS) is 16.8. The summed E-state index contributed by atoms with van der Waals surface area (Å²) >= 11 is 1.56. The van der Waals surface area contributed by atoms with Crippen LogP contribution in [0.1, 0.15) is 31.2 Å². The van der Waals surface area contributed by atoms with Gasteiger partial charge in [0.2, 0.25) is 5.88 Å². The van der Waals surface area contributed by atoms with E-state index >= 15 is 0 Å². The number of alkyl halides is 1. The number of hydrogen-bond acceptors (Lipinski definition) is 7. The van der Waals surface area contributed by atoms with Crippen LogP contribution in [0, 0.1) is 0 Å². The predicted molar refractivity (Wildman–Crippen MR) is 105 cm³/mol. The number of pyridine rings is 1. The zero-order valence-corrected chi connectivity index (χ0v) is 16.2. The van der Waals surface area contributed by atoms with E-state index in [4.69, 9.17) is 14.6 Å². The summed E-state index contributed by atoms with van der Waals surface area (Å²) in [5.41, 5.74) is 4.53. The number of nitrogens with one attached hydrogen (secondary N) is 1. The average Bonchev–Trinajstić information content (AvgIpc) is 3.41. The fourth-order valence-corrected chi connectivity index (χ4v) is 3.63. The summed E-state index contributed by atoms with van der Waals surface area (Å²) in [6, 6.07) is 5.66. The zero-order valence-electron chi connectivity index (χ0n) is 15.4. The minimum absolute atomic E-state index is 0.00733. The topological polar surface area (TPSA) is 74.1 Å². The Bertz CT molecular complexity index is 863. The zero-order chi connectivity index (χ0) is 19.2. The fourth-order valence-electron chi connectivity index (χ4n) is 3.11. The molecule has 4 rings (SSSR count). The minimum atomic E-state index is -0.536. The number of aromatic nitrogens is 4. The van der Waals surface area contributed by atoms with Gasteiger partial charge in [0.1, 0.15) is 18.3 Å². The lowest BCUT2D eigenvalue weighted by atomic mass is 10.2. The summed E-state index contributed by atoms with van der Waals surface area (Å²) in [6.45, 7) is 0.850. The van der Waals surface area contributed by atoms with E-state index in [1.807, 2.05) is 23.0 Å². The molecule has 0 spiro atoms. The van der Waals surface area contributed by atoms with Gasteiger partial charge in [0.05, 0.1) is 29.6 Å². The molecular weight excluding hydrogens is 381 g/mol. The Hall–Kier alpha value is -2.52. The van der Waals surface area contributed by atoms with E-state index in [0.29, 0.717) is 12.4 Å². The van der Waals surface area contributed by atoms with Gasteiger partial charge in [-0.3, -0.25) is 4.98 Å². The van der Waals surface area contributed by atoms with Crippen molar-refractivity contribution in [1.29, 1.82) is 0 Å². The highest BCUT2D eigenvalue weighted by molar-refractivity contribution is 7.13. The van der Waals surface area contributed by atoms with E-state index in [2.05, 4.69) is 15.3 Å². The number of hydrogen-bond donors (Lipinski definition) is 1. The van der Waals surface area contributed by atoms with E-state index < -0.39 is 6.67 Å². The Labute approximate surface area is 166 Å². The van der Waals surface area contributed by atoms with Gasteiger partial charge in [0.15, 0.2) is 6.23 Å². The first kappa shape index (κ1) is 18.8. The molecule has 0 aromatic carbocycles. The fraction of sp³-hybridized carbons (Fsp3) is 0.421. The van der Waals surface area contributed by atoms with Crippen molar-refractivity contribution in [2.75, 3.05) is 25.2 Å². The molecule has 0 amide bonds. The van der Waals surface area contributed by atoms with Crippen molar-refractivity contribution in [2.24, 2.45) is 0 Å². The van der Waals surface area contributed by atoms with Crippen LogP contribution in [-0.4, -0.2) is 39.6 Å². The van der Waals surface area contributed by atoms with E-state index in [9.17, 15) is 4.39 Å². The molecule has 1 unspecified atom stereocenters. The van der Waals surface area contributed by atoms with Gasteiger partial charge in [-0.25, -0.2) is 14.1 Å². The molecule has 1 aliphatic rings. The van der Waals surface area contributed by atoms with Crippen LogP contribution >= 0.6 is 11.3 Å². The Morgan fingerprint density at radius 3 is 3.00 bits per heavy atom. The van der Waals surface area contributed by atoms with Crippen LogP contribution in [0.4, 0.5) is 9.39 Å². The van der Waals surface area contributed by atoms with Crippen molar-refractivity contribution in [3.63, 3.8) is 0 Å². The second kappa shape index (κ2) is 9.11. The minimum Gasteiger partial charge on any atom is -0.475 e. The van der Waals surface area contributed by atoms with E-state index in [1.54, 1.807) is 29.1 Å². The third kappa shape index (κ3) is 4.48. The maximum absolute atomic E-state index is 12.2. The first-order chi connectivity index (χ1) is 13.8. The number of nitrogens with zero attached hydrogens (tertiary/aromatic N) is 4. The Morgan fingerprint density at radius 1 is 1.32 bits per heavy atom. The predicted octanol–water partition coefficient (Wildman–Crippen LogP) is 4.06. The lowest BCUT2D eigenvalue weighted by molar-refractivity contribution is -0.0408. The smallest absolute Gasteiger partial charge is 0.213 e. The van der Waals surface area contributed by atoms with Gasteiger partial charge >= 0.3 is 0 Å². The number of thiazole rings is 1. The molecule has 148 valence electrons. The van der Waals surface area contributed by atoms with Gasteiger partial charge in [0, 0.05) is 24.4 Å². The standard InChI is InChI=1S/C19H22FN5O2S/c20-6-8-26-17-5-4-14(10-22-17)16-9-15(11-23-18-12-21-13-28-18)25(24-16)19-3-1-2-7-27-19/h4-5,9-10,12-13,19,23H,1-3,6-8,11H2. The Balaban J connectivity index is 1.56. The van der Waals surface area contributed by atoms with Crippen LogP contribution < -0.4 is 10.1 Å². The van der Waals surface area contributed by atoms with Gasteiger partial charge in [-0.05, 0) is 31.4 Å². The molecule has 3 aromatic heterocycles. The highest BCUT2D eigenvalue weighted by Crippen LogP contribution is 2.28. The van der Waals surface area contributed by atoms with E-state index in [-0.39, 0.29) is 12.8 Å². The second-order valence-electron chi connectivity index (χ2n) is 6.43. The Morgan fingerprint density at radius 2 is 2.29 bits per heavy atom. The quantitative estimate of drug-likeness (QED) is 0.611. The first-order valence-electron chi connectivity index (χ1n) is 9.31. The van der Waals surface area contributed by atoms with Gasteiger partial charge in [-0.2, -0.15) is 5.10 Å². The van der Waals surface area contributed by atoms with Crippen LogP contribution in [-0.2, 0) is 11.3 Å². The van der Waals surface area contributed by atoms with Crippen molar-refractivity contribution in [3.8, 4) is 17.1 Å². The molecule has 0 bridgehead atoms. The lowest BCUT2D eigenvalue weighted by Crippen LogP contribution is -2.21. The molecule has 7 nitrogen and oxygen atoms in total. The molecule has 4 heterocycles. The Kier molecular flexibility index (Phi) is 6.13. The van der Waals surface area contributed by atoms with Crippen molar-refractivity contribution >= 4 is 16.3 Å². The highest BCUT2D eigenvalue weighted by atomic mass is 32.1. The van der Waals surface area contributed by atoms with E-state index in [0.717, 1.165) is 47.8 Å². The number of ether oxygens (including phenoxy) is 2. The monoisotopic (exact) mass is 403 g/mol. The molecule has 1 aliphatic heterocycles. The third-order valence-electron chi connectivity index (χ3n) is 4.48. The summed E-state index contributed by atoms with van der Waals surface area (Å²) in [4.78, 5) is 8.33. The summed E-state index contributed by atoms with van der Waals surface area (Å²) in [6.07, 6.45) is 6.61. The van der Waals surface area contributed by atoms with Crippen LogP contribution in [0.15, 0.2) is 36.1 Å². The molecule has 0 aliphatic carbocycles. The van der Waals surface area contributed by atoms with E-state index in [1.165, 1.54) is 0 Å². The average molecular weight is 403 g/mol. The summed E-state index contributed by atoms with van der Waals surface area (Å²) in [7, 11) is 0. The highest BCUT2D eigenvalue weighted by Gasteiger charge is 2.21. The molecule has 1 N–H and O–H groups in total. The van der Waals surface area contributed by atoms with Crippen molar-refractivity contribution in [3.05, 3.63) is 41.8 Å². The van der Waals surface area contributed by atoms with Gasteiger partial charge in [-0.1, -0.05) is 0 Å². The number of anilines is 1. The van der Waals surface area contributed by atoms with Crippen LogP contribution in [0.2, 0.25) is 0 Å². The van der Waals surface area contributed by atoms with Crippen LogP contribution in [0.3, 0.4) is 0 Å². The number of halogens is 1. The molecule has 28 heavy (non-hydrogen) atoms. The van der Waals surface area contributed by atoms with Crippen molar-refractivity contribution in [1.82, 2.24) is 19.7 Å². The molecule has 1 fully saturated rings. The maximum atomic E-state index is 12.2. The molecule has 0 saturated carbocycles. The maximum Gasteiger partial charge on any atom is 0.213 e. The molecule has 1 atom stereocenters. The van der Waals surface area contributed by atoms with Gasteiger partial charge in [-0.15, -0.1) is 11.3 Å². The van der Waals surface area contributed by atoms with Gasteiger partial charge in [0.25, 0.3) is 0 Å². The lowest BCUT2D eigenvalue weighted by Gasteiger charge is -2.24. The molecule has 0 radical (unpaired) electrons. The van der Waals surface area contributed by atoms with Crippen molar-refractivity contribution in [2.45, 2.75) is 32.0 Å². The SMILES string of the molecule is FCCOc1ccc(-c2cc(CNc3cncs3)n(C3CCCCO3)n2)cn1. The first-order valence-corrected chi connectivity index (χ1v) is 10.2. The number of rotatable bonds is 8. The molecular formula is C19H22FN5O2S. The van der Waals surface area contributed by atoms with Crippen LogP contribution in [0.5, 0.6) is 5.88 Å². The van der Waals surface area contributed by atoms with Gasteiger partial charge < -0.3 is 14.8 Å². The summed E-state index contributed by atoms with van der Waals surface area (Å²) in [5, 5.41) is 9.19. The third-order valence-corrected chi connectivity index (χ3v) is 5.21. The largest absolute Gasteiger partial charge is 0.475 e.